The minimum absolute atomic E-state index is 0.210. The van der Waals surface area contributed by atoms with Crippen molar-refractivity contribution in [3.05, 3.63) is 65.7 Å². The summed E-state index contributed by atoms with van der Waals surface area (Å²) < 4.78 is 26.0. The second kappa shape index (κ2) is 11.2. The molecular formula is C24H31F2N3O2. The first-order chi connectivity index (χ1) is 14.9. The molecule has 2 atom stereocenters. The molecule has 0 radical (unpaired) electrons. The molecular weight excluding hydrogens is 400 g/mol. The van der Waals surface area contributed by atoms with Crippen LogP contribution in [0.3, 0.4) is 0 Å². The lowest BCUT2D eigenvalue weighted by Crippen LogP contribution is -2.50. The fourth-order valence-corrected chi connectivity index (χ4v) is 4.06. The van der Waals surface area contributed by atoms with Gasteiger partial charge in [0.15, 0.2) is 0 Å². The van der Waals surface area contributed by atoms with E-state index in [9.17, 15) is 18.7 Å². The topological polar surface area (TPSA) is 64.6 Å². The van der Waals surface area contributed by atoms with E-state index in [0.29, 0.717) is 24.6 Å². The van der Waals surface area contributed by atoms with Crippen molar-refractivity contribution in [2.45, 2.75) is 44.8 Å². The highest BCUT2D eigenvalue weighted by atomic mass is 19.1. The summed E-state index contributed by atoms with van der Waals surface area (Å²) in [5.74, 6) is -0.0207. The van der Waals surface area contributed by atoms with Gasteiger partial charge in [-0.3, -0.25) is 0 Å². The number of piperidine rings is 1. The summed E-state index contributed by atoms with van der Waals surface area (Å²) >= 11 is 0. The van der Waals surface area contributed by atoms with Crippen LogP contribution in [0.5, 0.6) is 0 Å². The predicted molar refractivity (Wildman–Crippen MR) is 118 cm³/mol. The molecule has 2 aromatic rings. The molecule has 0 bridgehead atoms. The van der Waals surface area contributed by atoms with Gasteiger partial charge in [-0.2, -0.15) is 0 Å². The molecule has 2 amide bonds. The van der Waals surface area contributed by atoms with Crippen LogP contribution in [0, 0.1) is 17.6 Å². The van der Waals surface area contributed by atoms with E-state index in [2.05, 4.69) is 15.5 Å². The monoisotopic (exact) mass is 431 g/mol. The Labute approximate surface area is 182 Å². The number of carbonyl (C=O) groups excluding carboxylic acids is 1. The molecule has 2 aromatic carbocycles. The summed E-state index contributed by atoms with van der Waals surface area (Å²) in [6.45, 7) is 4.20. The molecule has 1 saturated heterocycles. The zero-order chi connectivity index (χ0) is 22.2. The van der Waals surface area contributed by atoms with Gasteiger partial charge in [0.1, 0.15) is 11.6 Å². The maximum absolute atomic E-state index is 13.1. The average Bonchev–Trinajstić information content (AvgIpc) is 2.76. The molecule has 0 saturated carbocycles. The van der Waals surface area contributed by atoms with Gasteiger partial charge in [-0.05, 0) is 86.7 Å². The zero-order valence-electron chi connectivity index (χ0n) is 17.9. The number of nitrogens with zero attached hydrogens (tertiary/aromatic N) is 1. The summed E-state index contributed by atoms with van der Waals surface area (Å²) in [5, 5.41) is 16.1. The number of amides is 2. The third-order valence-corrected chi connectivity index (χ3v) is 5.91. The SMILES string of the molecule is CCC(NC(=O)Nc1ccc(F)cc1)C(O)CN1CCC(Cc2ccc(F)cc2)CC1. The van der Waals surface area contributed by atoms with Crippen LogP contribution < -0.4 is 10.6 Å². The molecule has 168 valence electrons. The lowest BCUT2D eigenvalue weighted by atomic mass is 9.90. The number of nitrogens with one attached hydrogen (secondary N) is 2. The number of β-amino-alcohol motifs (C(OH)–C–C–N with tert-alkyl or cyclic N) is 1. The highest BCUT2D eigenvalue weighted by Gasteiger charge is 2.25. The van der Waals surface area contributed by atoms with Crippen molar-refractivity contribution in [3.8, 4) is 0 Å². The van der Waals surface area contributed by atoms with E-state index in [1.54, 1.807) is 0 Å². The van der Waals surface area contributed by atoms with Crippen LogP contribution in [0.2, 0.25) is 0 Å². The quantitative estimate of drug-likeness (QED) is 0.588. The molecule has 0 spiro atoms. The van der Waals surface area contributed by atoms with Crippen molar-refractivity contribution in [2.24, 2.45) is 5.92 Å². The van der Waals surface area contributed by atoms with E-state index in [1.165, 1.54) is 36.4 Å². The molecule has 7 heteroatoms. The van der Waals surface area contributed by atoms with Crippen molar-refractivity contribution < 1.29 is 18.7 Å². The fraction of sp³-hybridized carbons (Fsp3) is 0.458. The first-order valence-corrected chi connectivity index (χ1v) is 10.9. The van der Waals surface area contributed by atoms with Gasteiger partial charge in [0.05, 0.1) is 12.1 Å². The second-order valence-electron chi connectivity index (χ2n) is 8.26. The average molecular weight is 432 g/mol. The number of urea groups is 1. The number of carbonyl (C=O) groups is 1. The molecule has 0 aliphatic carbocycles. The lowest BCUT2D eigenvalue weighted by molar-refractivity contribution is 0.0649. The maximum atomic E-state index is 13.1. The molecule has 5 nitrogen and oxygen atoms in total. The Kier molecular flexibility index (Phi) is 8.37. The Bertz CT molecular complexity index is 822. The summed E-state index contributed by atoms with van der Waals surface area (Å²) in [6, 6.07) is 11.4. The van der Waals surface area contributed by atoms with Gasteiger partial charge < -0.3 is 20.6 Å². The minimum Gasteiger partial charge on any atom is -0.390 e. The van der Waals surface area contributed by atoms with Crippen LogP contribution in [0.1, 0.15) is 31.7 Å². The van der Waals surface area contributed by atoms with Gasteiger partial charge in [0.25, 0.3) is 0 Å². The number of anilines is 1. The number of hydrogen-bond donors (Lipinski definition) is 3. The Morgan fingerprint density at radius 2 is 1.65 bits per heavy atom. The molecule has 3 N–H and O–H groups in total. The molecule has 1 fully saturated rings. The highest BCUT2D eigenvalue weighted by molar-refractivity contribution is 5.89. The van der Waals surface area contributed by atoms with Gasteiger partial charge in [-0.15, -0.1) is 0 Å². The van der Waals surface area contributed by atoms with E-state index in [0.717, 1.165) is 37.9 Å². The van der Waals surface area contributed by atoms with E-state index in [4.69, 9.17) is 0 Å². The predicted octanol–water partition coefficient (Wildman–Crippen LogP) is 4.18. The van der Waals surface area contributed by atoms with E-state index in [-0.39, 0.29) is 17.7 Å². The van der Waals surface area contributed by atoms with Crippen molar-refractivity contribution in [3.63, 3.8) is 0 Å². The van der Waals surface area contributed by atoms with Crippen molar-refractivity contribution in [1.29, 1.82) is 0 Å². The Balaban J connectivity index is 1.42. The van der Waals surface area contributed by atoms with Gasteiger partial charge >= 0.3 is 6.03 Å². The van der Waals surface area contributed by atoms with E-state index < -0.39 is 12.1 Å². The van der Waals surface area contributed by atoms with Gasteiger partial charge in [-0.1, -0.05) is 19.1 Å². The normalized spacial score (nSPS) is 17.2. The zero-order valence-corrected chi connectivity index (χ0v) is 17.9. The fourth-order valence-electron chi connectivity index (χ4n) is 4.06. The molecule has 3 rings (SSSR count). The highest BCUT2D eigenvalue weighted by Crippen LogP contribution is 2.22. The maximum Gasteiger partial charge on any atom is 0.319 e. The van der Waals surface area contributed by atoms with Crippen molar-refractivity contribution >= 4 is 11.7 Å². The molecule has 1 aliphatic rings. The Morgan fingerprint density at radius 3 is 2.23 bits per heavy atom. The largest absolute Gasteiger partial charge is 0.390 e. The van der Waals surface area contributed by atoms with Crippen molar-refractivity contribution in [1.82, 2.24) is 10.2 Å². The molecule has 1 heterocycles. The third-order valence-electron chi connectivity index (χ3n) is 5.91. The van der Waals surface area contributed by atoms with Crippen LogP contribution in [0.15, 0.2) is 48.5 Å². The lowest BCUT2D eigenvalue weighted by Gasteiger charge is -2.35. The first kappa shape index (κ1) is 23.2. The standard InChI is InChI=1S/C24H31F2N3O2/c1-2-22(28-24(31)27-21-9-7-20(26)8-10-21)23(30)16-29-13-11-18(12-14-29)15-17-3-5-19(25)6-4-17/h3-10,18,22-23,30H,2,11-16H2,1H3,(H2,27,28,31). The number of rotatable bonds is 8. The number of hydrogen-bond acceptors (Lipinski definition) is 3. The summed E-state index contributed by atoms with van der Waals surface area (Å²) in [7, 11) is 0. The van der Waals surface area contributed by atoms with Gasteiger partial charge in [0, 0.05) is 12.2 Å². The Hall–Kier alpha value is -2.51. The van der Waals surface area contributed by atoms with Crippen LogP contribution in [0.25, 0.3) is 0 Å². The van der Waals surface area contributed by atoms with Crippen molar-refractivity contribution in [2.75, 3.05) is 25.0 Å². The number of halogens is 2. The minimum atomic E-state index is -0.683. The number of aliphatic hydroxyl groups is 1. The number of benzene rings is 2. The molecule has 0 aromatic heterocycles. The van der Waals surface area contributed by atoms with Crippen LogP contribution in [-0.2, 0) is 6.42 Å². The van der Waals surface area contributed by atoms with E-state index >= 15 is 0 Å². The first-order valence-electron chi connectivity index (χ1n) is 10.9. The Morgan fingerprint density at radius 1 is 1.06 bits per heavy atom. The summed E-state index contributed by atoms with van der Waals surface area (Å²) in [6.07, 6.45) is 2.91. The second-order valence-corrected chi connectivity index (χ2v) is 8.26. The summed E-state index contributed by atoms with van der Waals surface area (Å²) in [5.41, 5.74) is 1.65. The van der Waals surface area contributed by atoms with Crippen LogP contribution in [0.4, 0.5) is 19.3 Å². The molecule has 1 aliphatic heterocycles. The van der Waals surface area contributed by atoms with Gasteiger partial charge in [-0.25, -0.2) is 13.6 Å². The van der Waals surface area contributed by atoms with Crippen LogP contribution >= 0.6 is 0 Å². The molecule has 31 heavy (non-hydrogen) atoms. The van der Waals surface area contributed by atoms with Crippen LogP contribution in [-0.4, -0.2) is 47.8 Å². The van der Waals surface area contributed by atoms with E-state index in [1.807, 2.05) is 19.1 Å². The molecule has 2 unspecified atom stereocenters. The number of likely N-dealkylation sites (tertiary alicyclic amines) is 1. The number of aliphatic hydroxyl groups excluding tert-OH is 1. The summed E-state index contributed by atoms with van der Waals surface area (Å²) in [4.78, 5) is 14.5. The third kappa shape index (κ3) is 7.29. The van der Waals surface area contributed by atoms with Gasteiger partial charge in [0.2, 0.25) is 0 Å². The smallest absolute Gasteiger partial charge is 0.319 e.